The van der Waals surface area contributed by atoms with Gasteiger partial charge in [-0.1, -0.05) is 6.42 Å². The maximum absolute atomic E-state index is 14.5. The molecule has 1 aliphatic carbocycles. The van der Waals surface area contributed by atoms with Crippen LogP contribution in [0.2, 0.25) is 0 Å². The van der Waals surface area contributed by atoms with E-state index in [-0.39, 0.29) is 28.7 Å². The lowest BCUT2D eigenvalue weighted by molar-refractivity contribution is -0.0425. The van der Waals surface area contributed by atoms with Gasteiger partial charge in [0.2, 0.25) is 16.0 Å². The lowest BCUT2D eigenvalue weighted by Crippen LogP contribution is -2.53. The quantitative estimate of drug-likeness (QED) is 0.699. The van der Waals surface area contributed by atoms with E-state index in [1.807, 2.05) is 25.7 Å². The highest BCUT2D eigenvalue weighted by atomic mass is 32.2. The predicted octanol–water partition coefficient (Wildman–Crippen LogP) is 3.19. The number of sulfonamides is 1. The van der Waals surface area contributed by atoms with Gasteiger partial charge in [0.05, 0.1) is 29.3 Å². The monoisotopic (exact) mass is 449 g/mol. The third-order valence-electron chi connectivity index (χ3n) is 5.64. The second kappa shape index (κ2) is 8.33. The Hall–Kier alpha value is -2.30. The molecule has 2 heterocycles. The van der Waals surface area contributed by atoms with Crippen LogP contribution in [-0.4, -0.2) is 49.2 Å². The Morgan fingerprint density at radius 3 is 2.58 bits per heavy atom. The van der Waals surface area contributed by atoms with Crippen LogP contribution in [-0.2, 0) is 14.8 Å². The van der Waals surface area contributed by atoms with Gasteiger partial charge in [0, 0.05) is 18.3 Å². The molecule has 1 aromatic carbocycles. The van der Waals surface area contributed by atoms with Crippen LogP contribution in [0.15, 0.2) is 35.4 Å². The highest BCUT2D eigenvalue weighted by Gasteiger charge is 2.34. The number of hydrogen-bond acceptors (Lipinski definition) is 7. The standard InChI is InChI=1S/C21H28FN5O3S/c1-14-12-30-21(2,3)13-27(14)19-18(22)11-23-20(25-19)24-15-7-9-17(10-8-15)31(28,29)26-16-5-4-6-16/h7-11,14,16,26H,4-6,12-13H2,1-3H3,(H,23,24,25)/t14-/m0/s1. The molecule has 2 N–H and O–H groups in total. The summed E-state index contributed by atoms with van der Waals surface area (Å²) in [6.07, 6.45) is 3.95. The molecule has 8 nitrogen and oxygen atoms in total. The predicted molar refractivity (Wildman–Crippen MR) is 117 cm³/mol. The second-order valence-corrected chi connectivity index (χ2v) is 10.5. The highest BCUT2D eigenvalue weighted by molar-refractivity contribution is 7.89. The van der Waals surface area contributed by atoms with E-state index in [1.165, 1.54) is 12.1 Å². The molecule has 2 aromatic rings. The van der Waals surface area contributed by atoms with Crippen molar-refractivity contribution in [3.8, 4) is 0 Å². The molecule has 1 aliphatic heterocycles. The first-order valence-electron chi connectivity index (χ1n) is 10.5. The molecule has 1 aromatic heterocycles. The minimum atomic E-state index is -3.53. The molecule has 31 heavy (non-hydrogen) atoms. The highest BCUT2D eigenvalue weighted by Crippen LogP contribution is 2.28. The Bertz CT molecular complexity index is 1040. The largest absolute Gasteiger partial charge is 0.372 e. The number of halogens is 1. The Morgan fingerprint density at radius 1 is 1.23 bits per heavy atom. The molecule has 10 heteroatoms. The van der Waals surface area contributed by atoms with Crippen molar-refractivity contribution in [2.24, 2.45) is 0 Å². The van der Waals surface area contributed by atoms with Gasteiger partial charge in [-0.2, -0.15) is 4.98 Å². The first-order chi connectivity index (χ1) is 14.6. The first-order valence-corrected chi connectivity index (χ1v) is 11.9. The van der Waals surface area contributed by atoms with E-state index in [4.69, 9.17) is 4.74 Å². The fraction of sp³-hybridized carbons (Fsp3) is 0.524. The summed E-state index contributed by atoms with van der Waals surface area (Å²) < 4.78 is 47.9. The summed E-state index contributed by atoms with van der Waals surface area (Å²) in [5.41, 5.74) is 0.197. The van der Waals surface area contributed by atoms with Crippen molar-refractivity contribution >= 4 is 27.5 Å². The number of morpholine rings is 1. The van der Waals surface area contributed by atoms with E-state index in [0.29, 0.717) is 18.8 Å². The van der Waals surface area contributed by atoms with Gasteiger partial charge in [0.25, 0.3) is 0 Å². The number of anilines is 3. The number of aromatic nitrogens is 2. The van der Waals surface area contributed by atoms with Crippen LogP contribution in [0.25, 0.3) is 0 Å². The van der Waals surface area contributed by atoms with Crippen molar-refractivity contribution in [3.63, 3.8) is 0 Å². The fourth-order valence-corrected chi connectivity index (χ4v) is 4.92. The zero-order chi connectivity index (χ0) is 22.2. The van der Waals surface area contributed by atoms with Gasteiger partial charge in [-0.15, -0.1) is 0 Å². The average molecular weight is 450 g/mol. The molecule has 2 fully saturated rings. The normalized spacial score (nSPS) is 21.5. The van der Waals surface area contributed by atoms with Crippen LogP contribution in [0.4, 0.5) is 21.8 Å². The summed E-state index contributed by atoms with van der Waals surface area (Å²) in [7, 11) is -3.53. The molecule has 0 bridgehead atoms. The number of ether oxygens (including phenoxy) is 1. The van der Waals surface area contributed by atoms with Crippen LogP contribution >= 0.6 is 0 Å². The Labute approximate surface area is 182 Å². The molecule has 1 atom stereocenters. The summed E-state index contributed by atoms with van der Waals surface area (Å²) in [5.74, 6) is -0.0556. The minimum Gasteiger partial charge on any atom is -0.372 e. The van der Waals surface area contributed by atoms with Crippen LogP contribution in [0, 0.1) is 5.82 Å². The molecular formula is C21H28FN5O3S. The van der Waals surface area contributed by atoms with Crippen molar-refractivity contribution in [1.82, 2.24) is 14.7 Å². The number of nitrogens with one attached hydrogen (secondary N) is 2. The minimum absolute atomic E-state index is 0.0291. The van der Waals surface area contributed by atoms with Gasteiger partial charge in [-0.3, -0.25) is 0 Å². The number of hydrogen-bond donors (Lipinski definition) is 2. The van der Waals surface area contributed by atoms with E-state index >= 15 is 0 Å². The van der Waals surface area contributed by atoms with Gasteiger partial charge in [0.1, 0.15) is 0 Å². The molecule has 4 rings (SSSR count). The zero-order valence-electron chi connectivity index (χ0n) is 17.9. The lowest BCUT2D eigenvalue weighted by atomic mass is 9.94. The van der Waals surface area contributed by atoms with Gasteiger partial charge in [-0.05, 0) is 57.9 Å². The van der Waals surface area contributed by atoms with E-state index in [9.17, 15) is 12.8 Å². The summed E-state index contributed by atoms with van der Waals surface area (Å²) >= 11 is 0. The molecule has 1 saturated carbocycles. The number of rotatable bonds is 6. The second-order valence-electron chi connectivity index (χ2n) is 8.81. The van der Waals surface area contributed by atoms with Crippen molar-refractivity contribution in [2.45, 2.75) is 62.6 Å². The van der Waals surface area contributed by atoms with Gasteiger partial charge >= 0.3 is 0 Å². The molecule has 168 valence electrons. The molecule has 1 saturated heterocycles. The summed E-state index contributed by atoms with van der Waals surface area (Å²) in [6, 6.07) is 6.34. The fourth-order valence-electron chi connectivity index (χ4n) is 3.61. The maximum atomic E-state index is 14.5. The topological polar surface area (TPSA) is 96.5 Å². The van der Waals surface area contributed by atoms with Gasteiger partial charge in [0.15, 0.2) is 11.6 Å². The lowest BCUT2D eigenvalue weighted by Gasteiger charge is -2.43. The Kier molecular flexibility index (Phi) is 5.89. The van der Waals surface area contributed by atoms with E-state index in [0.717, 1.165) is 25.5 Å². The third kappa shape index (κ3) is 4.97. The van der Waals surface area contributed by atoms with Crippen molar-refractivity contribution in [2.75, 3.05) is 23.4 Å². The van der Waals surface area contributed by atoms with Crippen LogP contribution in [0.1, 0.15) is 40.0 Å². The van der Waals surface area contributed by atoms with Crippen molar-refractivity contribution in [3.05, 3.63) is 36.3 Å². The summed E-state index contributed by atoms with van der Waals surface area (Å²) in [6.45, 7) is 6.85. The number of nitrogens with zero attached hydrogens (tertiary/aromatic N) is 3. The average Bonchev–Trinajstić information content (AvgIpc) is 2.69. The molecule has 0 spiro atoms. The van der Waals surface area contributed by atoms with E-state index in [2.05, 4.69) is 20.0 Å². The maximum Gasteiger partial charge on any atom is 0.240 e. The smallest absolute Gasteiger partial charge is 0.240 e. The van der Waals surface area contributed by atoms with Crippen molar-refractivity contribution < 1.29 is 17.5 Å². The molecule has 0 radical (unpaired) electrons. The van der Waals surface area contributed by atoms with Crippen LogP contribution in [0.3, 0.4) is 0 Å². The van der Waals surface area contributed by atoms with Crippen LogP contribution in [0.5, 0.6) is 0 Å². The first kappa shape index (κ1) is 21.9. The number of benzene rings is 1. The summed E-state index contributed by atoms with van der Waals surface area (Å²) in [5, 5.41) is 3.03. The molecular weight excluding hydrogens is 421 g/mol. The summed E-state index contributed by atoms with van der Waals surface area (Å²) in [4.78, 5) is 10.5. The van der Waals surface area contributed by atoms with Crippen molar-refractivity contribution in [1.29, 1.82) is 0 Å². The van der Waals surface area contributed by atoms with Gasteiger partial charge < -0.3 is 15.0 Å². The third-order valence-corrected chi connectivity index (χ3v) is 7.18. The van der Waals surface area contributed by atoms with E-state index in [1.54, 1.807) is 12.1 Å². The van der Waals surface area contributed by atoms with Gasteiger partial charge in [-0.25, -0.2) is 22.5 Å². The van der Waals surface area contributed by atoms with E-state index < -0.39 is 21.4 Å². The van der Waals surface area contributed by atoms with Crippen LogP contribution < -0.4 is 14.9 Å². The molecule has 0 unspecified atom stereocenters. The zero-order valence-corrected chi connectivity index (χ0v) is 18.7. The molecule has 0 amide bonds. The SMILES string of the molecule is C[C@H]1COC(C)(C)CN1c1nc(Nc2ccc(S(=O)(=O)NC3CCC3)cc2)ncc1F. The Balaban J connectivity index is 1.50. The Morgan fingerprint density at radius 2 is 1.94 bits per heavy atom. The molecule has 2 aliphatic rings.